The first-order chi connectivity index (χ1) is 11.2. The maximum atomic E-state index is 12.4. The highest BCUT2D eigenvalue weighted by Gasteiger charge is 2.18. The number of nitrogens with two attached hydrogens (primary N) is 1. The third-order valence-electron chi connectivity index (χ3n) is 4.26. The van der Waals surface area contributed by atoms with Crippen LogP contribution in [0.5, 0.6) is 0 Å². The van der Waals surface area contributed by atoms with Gasteiger partial charge in [0.1, 0.15) is 0 Å². The normalized spacial score (nSPS) is 11.7. The Morgan fingerprint density at radius 1 is 0.870 bits per heavy atom. The van der Waals surface area contributed by atoms with Crippen molar-refractivity contribution in [1.29, 1.82) is 0 Å². The molecule has 0 bridgehead atoms. The minimum absolute atomic E-state index is 0.182. The molecule has 0 atom stereocenters. The number of rotatable bonds is 2. The van der Waals surface area contributed by atoms with Crippen LogP contribution in [0, 0.1) is 0 Å². The number of para-hydroxylation sites is 1. The van der Waals surface area contributed by atoms with Crippen molar-refractivity contribution in [2.75, 3.05) is 11.1 Å². The number of nitrogens with one attached hydrogen (secondary N) is 1. The number of hydrogen-bond acceptors (Lipinski definition) is 2. The molecule has 3 aromatic carbocycles. The van der Waals surface area contributed by atoms with Crippen molar-refractivity contribution in [2.45, 2.75) is 6.42 Å². The molecule has 4 rings (SSSR count). The van der Waals surface area contributed by atoms with Gasteiger partial charge in [0, 0.05) is 11.4 Å². The van der Waals surface area contributed by atoms with Crippen LogP contribution in [0.3, 0.4) is 0 Å². The Kier molecular flexibility index (Phi) is 3.12. The second-order valence-electron chi connectivity index (χ2n) is 5.75. The fourth-order valence-electron chi connectivity index (χ4n) is 3.13. The van der Waals surface area contributed by atoms with Crippen LogP contribution in [0.15, 0.2) is 66.7 Å². The van der Waals surface area contributed by atoms with Crippen LogP contribution in [-0.4, -0.2) is 5.91 Å². The molecule has 0 saturated carbocycles. The van der Waals surface area contributed by atoms with E-state index in [0.717, 1.165) is 12.1 Å². The van der Waals surface area contributed by atoms with E-state index in [9.17, 15) is 4.79 Å². The lowest BCUT2D eigenvalue weighted by molar-refractivity contribution is 0.102. The van der Waals surface area contributed by atoms with E-state index in [-0.39, 0.29) is 5.91 Å². The zero-order valence-electron chi connectivity index (χ0n) is 12.5. The summed E-state index contributed by atoms with van der Waals surface area (Å²) >= 11 is 0. The van der Waals surface area contributed by atoms with Gasteiger partial charge in [0.05, 0.1) is 5.56 Å². The van der Waals surface area contributed by atoms with Crippen molar-refractivity contribution >= 4 is 17.3 Å². The molecule has 3 nitrogen and oxygen atoms in total. The van der Waals surface area contributed by atoms with E-state index in [1.807, 2.05) is 24.3 Å². The minimum Gasteiger partial charge on any atom is -0.398 e. The van der Waals surface area contributed by atoms with Crippen LogP contribution < -0.4 is 11.1 Å². The predicted molar refractivity (Wildman–Crippen MR) is 93.5 cm³/mol. The molecule has 0 radical (unpaired) electrons. The van der Waals surface area contributed by atoms with E-state index in [1.54, 1.807) is 12.1 Å². The van der Waals surface area contributed by atoms with Crippen molar-refractivity contribution in [1.82, 2.24) is 0 Å². The molecule has 0 unspecified atom stereocenters. The van der Waals surface area contributed by atoms with Crippen molar-refractivity contribution in [3.8, 4) is 11.1 Å². The number of amides is 1. The largest absolute Gasteiger partial charge is 0.398 e. The molecule has 3 N–H and O–H groups in total. The van der Waals surface area contributed by atoms with Gasteiger partial charge in [0.15, 0.2) is 0 Å². The minimum atomic E-state index is -0.182. The van der Waals surface area contributed by atoms with E-state index >= 15 is 0 Å². The third kappa shape index (κ3) is 2.36. The van der Waals surface area contributed by atoms with Crippen LogP contribution in [0.4, 0.5) is 11.4 Å². The van der Waals surface area contributed by atoms with Crippen LogP contribution >= 0.6 is 0 Å². The van der Waals surface area contributed by atoms with Gasteiger partial charge < -0.3 is 11.1 Å². The Labute approximate surface area is 134 Å². The number of anilines is 2. The van der Waals surface area contributed by atoms with Gasteiger partial charge in [0.25, 0.3) is 5.91 Å². The van der Waals surface area contributed by atoms with Crippen LogP contribution in [0.1, 0.15) is 21.5 Å². The molecule has 0 saturated heterocycles. The summed E-state index contributed by atoms with van der Waals surface area (Å²) < 4.78 is 0. The molecule has 0 fully saturated rings. The SMILES string of the molecule is Nc1ccccc1C(=O)Nc1ccc2c(c1)Cc1ccccc1-2. The Balaban J connectivity index is 1.62. The van der Waals surface area contributed by atoms with E-state index in [1.165, 1.54) is 22.3 Å². The third-order valence-corrected chi connectivity index (χ3v) is 4.26. The number of carbonyl (C=O) groups excluding carboxylic acids is 1. The molecular formula is C20H16N2O. The van der Waals surface area contributed by atoms with Gasteiger partial charge >= 0.3 is 0 Å². The highest BCUT2D eigenvalue weighted by molar-refractivity contribution is 6.07. The quantitative estimate of drug-likeness (QED) is 0.548. The monoisotopic (exact) mass is 300 g/mol. The fraction of sp³-hybridized carbons (Fsp3) is 0.0500. The van der Waals surface area contributed by atoms with Gasteiger partial charge in [-0.1, -0.05) is 42.5 Å². The molecule has 0 aromatic heterocycles. The first-order valence-electron chi connectivity index (χ1n) is 7.59. The molecule has 0 spiro atoms. The fourth-order valence-corrected chi connectivity index (χ4v) is 3.13. The second-order valence-corrected chi connectivity index (χ2v) is 5.75. The summed E-state index contributed by atoms with van der Waals surface area (Å²) in [4.78, 5) is 12.4. The van der Waals surface area contributed by atoms with Gasteiger partial charge in [-0.05, 0) is 52.9 Å². The van der Waals surface area contributed by atoms with E-state index in [0.29, 0.717) is 11.3 Å². The maximum absolute atomic E-state index is 12.4. The Morgan fingerprint density at radius 3 is 2.48 bits per heavy atom. The number of nitrogen functional groups attached to an aromatic ring is 1. The summed E-state index contributed by atoms with van der Waals surface area (Å²) in [6, 6.07) is 21.6. The molecule has 1 amide bonds. The zero-order valence-corrected chi connectivity index (χ0v) is 12.5. The topological polar surface area (TPSA) is 55.1 Å². The molecule has 3 heteroatoms. The Hall–Kier alpha value is -3.07. The highest BCUT2D eigenvalue weighted by atomic mass is 16.1. The molecular weight excluding hydrogens is 284 g/mol. The molecule has 112 valence electrons. The van der Waals surface area contributed by atoms with Gasteiger partial charge in [-0.2, -0.15) is 0 Å². The molecule has 23 heavy (non-hydrogen) atoms. The van der Waals surface area contributed by atoms with E-state index in [2.05, 4.69) is 35.6 Å². The predicted octanol–water partition coefficient (Wildman–Crippen LogP) is 4.09. The van der Waals surface area contributed by atoms with Crippen molar-refractivity contribution in [2.24, 2.45) is 0 Å². The molecule has 1 aliphatic rings. The standard InChI is InChI=1S/C20H16N2O/c21-19-8-4-3-7-18(19)20(23)22-15-9-10-17-14(12-15)11-13-5-1-2-6-16(13)17/h1-10,12H,11,21H2,(H,22,23). The maximum Gasteiger partial charge on any atom is 0.257 e. The number of hydrogen-bond donors (Lipinski definition) is 2. The second kappa shape index (κ2) is 5.29. The lowest BCUT2D eigenvalue weighted by Crippen LogP contribution is -2.14. The lowest BCUT2D eigenvalue weighted by Gasteiger charge is -2.09. The number of benzene rings is 3. The summed E-state index contributed by atoms with van der Waals surface area (Å²) in [7, 11) is 0. The lowest BCUT2D eigenvalue weighted by atomic mass is 10.1. The van der Waals surface area contributed by atoms with Crippen LogP contribution in [0.25, 0.3) is 11.1 Å². The first kappa shape index (κ1) is 13.6. The summed E-state index contributed by atoms with van der Waals surface area (Å²) in [5, 5.41) is 2.94. The Bertz CT molecular complexity index is 915. The number of fused-ring (bicyclic) bond motifs is 3. The van der Waals surface area contributed by atoms with Crippen LogP contribution in [0.2, 0.25) is 0 Å². The average molecular weight is 300 g/mol. The Morgan fingerprint density at radius 2 is 1.61 bits per heavy atom. The molecule has 0 heterocycles. The van der Waals surface area contributed by atoms with Crippen molar-refractivity contribution in [3.63, 3.8) is 0 Å². The van der Waals surface area contributed by atoms with Crippen molar-refractivity contribution < 1.29 is 4.79 Å². The first-order valence-corrected chi connectivity index (χ1v) is 7.59. The van der Waals surface area contributed by atoms with Crippen LogP contribution in [-0.2, 0) is 6.42 Å². The smallest absolute Gasteiger partial charge is 0.257 e. The molecule has 1 aliphatic carbocycles. The van der Waals surface area contributed by atoms with Gasteiger partial charge in [0.2, 0.25) is 0 Å². The average Bonchev–Trinajstić information content (AvgIpc) is 2.92. The zero-order chi connectivity index (χ0) is 15.8. The van der Waals surface area contributed by atoms with Gasteiger partial charge in [-0.25, -0.2) is 0 Å². The molecule has 3 aromatic rings. The summed E-state index contributed by atoms with van der Waals surface area (Å²) in [5.41, 5.74) is 12.7. The summed E-state index contributed by atoms with van der Waals surface area (Å²) in [5.74, 6) is -0.182. The van der Waals surface area contributed by atoms with E-state index in [4.69, 9.17) is 5.73 Å². The number of carbonyl (C=O) groups is 1. The highest BCUT2D eigenvalue weighted by Crippen LogP contribution is 2.37. The van der Waals surface area contributed by atoms with E-state index < -0.39 is 0 Å². The van der Waals surface area contributed by atoms with Crippen molar-refractivity contribution in [3.05, 3.63) is 83.4 Å². The van der Waals surface area contributed by atoms with Gasteiger partial charge in [-0.3, -0.25) is 4.79 Å². The molecule has 0 aliphatic heterocycles. The van der Waals surface area contributed by atoms with Gasteiger partial charge in [-0.15, -0.1) is 0 Å². The summed E-state index contributed by atoms with van der Waals surface area (Å²) in [6.45, 7) is 0. The summed E-state index contributed by atoms with van der Waals surface area (Å²) in [6.07, 6.45) is 0.905.